The largest absolute Gasteiger partial charge is 0.466 e. The van der Waals surface area contributed by atoms with Crippen molar-refractivity contribution < 1.29 is 19.2 Å². The van der Waals surface area contributed by atoms with Gasteiger partial charge in [0.2, 0.25) is 0 Å². The number of aromatic nitrogens is 2. The maximum atomic E-state index is 13.7. The second kappa shape index (κ2) is 11.3. The smallest absolute Gasteiger partial charge is 0.330 e. The molecule has 1 aliphatic rings. The van der Waals surface area contributed by atoms with E-state index in [1.807, 2.05) is 18.2 Å². The molecule has 2 heterocycles. The SMILES string of the molecule is C=Cc1cc(/C=C/C(=O)OC)cc(-c2nn(-c3cc(N4CCOCC4)ccc3[N+](=O)[O-])c(=O)c3ccccc23)c1. The number of benzene rings is 3. The van der Waals surface area contributed by atoms with Crippen LogP contribution in [0.1, 0.15) is 11.1 Å². The van der Waals surface area contributed by atoms with Crippen LogP contribution in [0.3, 0.4) is 0 Å². The summed E-state index contributed by atoms with van der Waals surface area (Å²) in [4.78, 5) is 39.0. The van der Waals surface area contributed by atoms with Gasteiger partial charge < -0.3 is 14.4 Å². The molecule has 0 aliphatic carbocycles. The molecule has 10 heteroatoms. The van der Waals surface area contributed by atoms with Crippen LogP contribution in [0, 0.1) is 10.1 Å². The summed E-state index contributed by atoms with van der Waals surface area (Å²) in [7, 11) is 1.30. The molecular formula is C30H26N4O6. The molecule has 1 aromatic heterocycles. The van der Waals surface area contributed by atoms with E-state index in [9.17, 15) is 19.7 Å². The number of carbonyl (C=O) groups excluding carboxylic acids is 1. The van der Waals surface area contributed by atoms with E-state index >= 15 is 0 Å². The highest BCUT2D eigenvalue weighted by atomic mass is 16.6. The molecule has 4 aromatic rings. The summed E-state index contributed by atoms with van der Waals surface area (Å²) in [6.45, 7) is 6.19. The summed E-state index contributed by atoms with van der Waals surface area (Å²) in [5.74, 6) is -0.505. The third kappa shape index (κ3) is 5.25. The first-order valence-corrected chi connectivity index (χ1v) is 12.6. The number of anilines is 1. The lowest BCUT2D eigenvalue weighted by Gasteiger charge is -2.29. The van der Waals surface area contributed by atoms with Gasteiger partial charge in [-0.2, -0.15) is 9.78 Å². The van der Waals surface area contributed by atoms with Crippen molar-refractivity contribution in [3.05, 3.63) is 105 Å². The van der Waals surface area contributed by atoms with Crippen LogP contribution < -0.4 is 10.5 Å². The topological polar surface area (TPSA) is 117 Å². The van der Waals surface area contributed by atoms with E-state index in [0.29, 0.717) is 53.9 Å². The van der Waals surface area contributed by atoms with Gasteiger partial charge in [0.25, 0.3) is 11.2 Å². The summed E-state index contributed by atoms with van der Waals surface area (Å²) in [6.07, 6.45) is 4.57. The number of methoxy groups -OCH3 is 1. The minimum Gasteiger partial charge on any atom is -0.466 e. The van der Waals surface area contributed by atoms with Gasteiger partial charge in [0.05, 0.1) is 36.3 Å². The molecule has 0 saturated carbocycles. The Hall–Kier alpha value is -5.09. The van der Waals surface area contributed by atoms with Gasteiger partial charge in [0.1, 0.15) is 5.69 Å². The van der Waals surface area contributed by atoms with Crippen LogP contribution in [0.5, 0.6) is 0 Å². The molecule has 0 radical (unpaired) electrons. The first-order chi connectivity index (χ1) is 19.4. The molecule has 5 rings (SSSR count). The summed E-state index contributed by atoms with van der Waals surface area (Å²) < 4.78 is 11.2. The number of morpholine rings is 1. The molecule has 0 N–H and O–H groups in total. The van der Waals surface area contributed by atoms with Gasteiger partial charge in [0.15, 0.2) is 0 Å². The number of hydrogen-bond donors (Lipinski definition) is 0. The van der Waals surface area contributed by atoms with Crippen molar-refractivity contribution in [2.45, 2.75) is 0 Å². The number of rotatable bonds is 7. The fraction of sp³-hybridized carbons (Fsp3) is 0.167. The number of hydrogen-bond acceptors (Lipinski definition) is 8. The van der Waals surface area contributed by atoms with Crippen LogP contribution in [0.2, 0.25) is 0 Å². The third-order valence-electron chi connectivity index (χ3n) is 6.66. The number of nitro groups is 1. The lowest BCUT2D eigenvalue weighted by molar-refractivity contribution is -0.384. The molecule has 1 fully saturated rings. The molecule has 0 spiro atoms. The Labute approximate surface area is 229 Å². The number of nitrogens with zero attached hydrogens (tertiary/aromatic N) is 4. The highest BCUT2D eigenvalue weighted by Gasteiger charge is 2.23. The van der Waals surface area contributed by atoms with Crippen molar-refractivity contribution >= 4 is 40.3 Å². The summed E-state index contributed by atoms with van der Waals surface area (Å²) in [5, 5.41) is 17.7. The molecule has 0 unspecified atom stereocenters. The van der Waals surface area contributed by atoms with Crippen LogP contribution in [0.15, 0.2) is 78.1 Å². The lowest BCUT2D eigenvalue weighted by atomic mass is 9.99. The van der Waals surface area contributed by atoms with E-state index in [1.165, 1.54) is 19.3 Å². The number of esters is 1. The van der Waals surface area contributed by atoms with Gasteiger partial charge in [-0.1, -0.05) is 30.9 Å². The number of nitro benzene ring substituents is 1. The second-order valence-electron chi connectivity index (χ2n) is 9.09. The minimum atomic E-state index is -0.518. The average Bonchev–Trinajstić information content (AvgIpc) is 3.00. The van der Waals surface area contributed by atoms with Crippen molar-refractivity contribution in [3.63, 3.8) is 0 Å². The quantitative estimate of drug-likeness (QED) is 0.145. The Morgan fingerprint density at radius 1 is 1.07 bits per heavy atom. The Bertz CT molecular complexity index is 1720. The predicted molar refractivity (Wildman–Crippen MR) is 154 cm³/mol. The molecule has 0 amide bonds. The van der Waals surface area contributed by atoms with E-state index in [4.69, 9.17) is 14.6 Å². The van der Waals surface area contributed by atoms with Gasteiger partial charge in [-0.25, -0.2) is 4.79 Å². The lowest BCUT2D eigenvalue weighted by Crippen LogP contribution is -2.36. The maximum Gasteiger partial charge on any atom is 0.330 e. The first kappa shape index (κ1) is 26.5. The molecule has 40 heavy (non-hydrogen) atoms. The van der Waals surface area contributed by atoms with E-state index < -0.39 is 16.5 Å². The molecule has 0 atom stereocenters. The summed E-state index contributed by atoms with van der Waals surface area (Å²) in [6, 6.07) is 17.2. The molecule has 3 aromatic carbocycles. The van der Waals surface area contributed by atoms with E-state index in [0.717, 1.165) is 15.9 Å². The Kier molecular flexibility index (Phi) is 7.52. The van der Waals surface area contributed by atoms with Gasteiger partial charge in [0, 0.05) is 41.9 Å². The maximum absolute atomic E-state index is 13.7. The van der Waals surface area contributed by atoms with Crippen LogP contribution in [0.4, 0.5) is 11.4 Å². The van der Waals surface area contributed by atoms with Crippen LogP contribution in [0.25, 0.3) is 39.9 Å². The standard InChI is InChI=1S/C30H26N4O6/c1-3-20-16-21(8-11-28(35)39-2)18-22(17-20)29-24-6-4-5-7-25(24)30(36)33(31-29)27-19-23(9-10-26(27)34(37)38)32-12-14-40-15-13-32/h3-11,16-19H,1,12-15H2,2H3/b11-8+. The molecule has 1 aliphatic heterocycles. The third-order valence-corrected chi connectivity index (χ3v) is 6.66. The first-order valence-electron chi connectivity index (χ1n) is 12.6. The van der Waals surface area contributed by atoms with Crippen LogP contribution in [-0.4, -0.2) is 54.1 Å². The van der Waals surface area contributed by atoms with Crippen molar-refractivity contribution in [1.29, 1.82) is 0 Å². The highest BCUT2D eigenvalue weighted by Crippen LogP contribution is 2.31. The minimum absolute atomic E-state index is 0.0664. The number of carbonyl (C=O) groups is 1. The van der Waals surface area contributed by atoms with E-state index in [2.05, 4.69) is 11.5 Å². The zero-order valence-electron chi connectivity index (χ0n) is 21.8. The highest BCUT2D eigenvalue weighted by molar-refractivity contribution is 5.95. The summed E-state index contributed by atoms with van der Waals surface area (Å²) in [5.41, 5.74) is 2.60. The van der Waals surface area contributed by atoms with Crippen LogP contribution >= 0.6 is 0 Å². The molecule has 0 bridgehead atoms. The van der Waals surface area contributed by atoms with Gasteiger partial charge >= 0.3 is 5.97 Å². The zero-order valence-corrected chi connectivity index (χ0v) is 21.8. The number of fused-ring (bicyclic) bond motifs is 1. The van der Waals surface area contributed by atoms with Crippen molar-refractivity contribution in [1.82, 2.24) is 9.78 Å². The van der Waals surface area contributed by atoms with Crippen molar-refractivity contribution in [3.8, 4) is 16.9 Å². The molecule has 202 valence electrons. The zero-order chi connectivity index (χ0) is 28.2. The Morgan fingerprint density at radius 3 is 2.50 bits per heavy atom. The molecule has 1 saturated heterocycles. The predicted octanol–water partition coefficient (Wildman–Crippen LogP) is 4.63. The van der Waals surface area contributed by atoms with Crippen molar-refractivity contribution in [2.24, 2.45) is 0 Å². The van der Waals surface area contributed by atoms with Crippen LogP contribution in [-0.2, 0) is 14.3 Å². The fourth-order valence-electron chi connectivity index (χ4n) is 4.68. The fourth-order valence-corrected chi connectivity index (χ4v) is 4.68. The van der Waals surface area contributed by atoms with Gasteiger partial charge in [-0.05, 0) is 53.6 Å². The second-order valence-corrected chi connectivity index (χ2v) is 9.09. The van der Waals surface area contributed by atoms with Crippen molar-refractivity contribution in [2.75, 3.05) is 38.3 Å². The van der Waals surface area contributed by atoms with E-state index in [-0.39, 0.29) is 11.4 Å². The summed E-state index contributed by atoms with van der Waals surface area (Å²) >= 11 is 0. The Morgan fingerprint density at radius 2 is 1.80 bits per heavy atom. The van der Waals surface area contributed by atoms with Gasteiger partial charge in [-0.3, -0.25) is 14.9 Å². The Balaban J connectivity index is 1.76. The number of ether oxygens (including phenoxy) is 2. The average molecular weight is 539 g/mol. The monoisotopic (exact) mass is 538 g/mol. The molecule has 10 nitrogen and oxygen atoms in total. The van der Waals surface area contributed by atoms with Gasteiger partial charge in [-0.15, -0.1) is 0 Å². The normalized spacial score (nSPS) is 13.5. The molecular weight excluding hydrogens is 512 g/mol. The van der Waals surface area contributed by atoms with E-state index in [1.54, 1.807) is 48.6 Å².